The Kier molecular flexibility index (Phi) is 2.05. The second-order valence-electron chi connectivity index (χ2n) is 2.08. The van der Waals surface area contributed by atoms with Crippen LogP contribution in [-0.2, 0) is 6.54 Å². The highest BCUT2D eigenvalue weighted by Gasteiger charge is 1.92. The summed E-state index contributed by atoms with van der Waals surface area (Å²) in [7, 11) is 0. The maximum absolute atomic E-state index is 5.62. The van der Waals surface area contributed by atoms with Crippen molar-refractivity contribution < 1.29 is 0 Å². The van der Waals surface area contributed by atoms with Crippen LogP contribution < -0.4 is 5.73 Å². The Morgan fingerprint density at radius 3 is 2.70 bits per heavy atom. The third-order valence-electron chi connectivity index (χ3n) is 1.34. The van der Waals surface area contributed by atoms with Gasteiger partial charge in [-0.05, 0) is 18.3 Å². The molecule has 0 bridgehead atoms. The first-order valence-electron chi connectivity index (χ1n) is 3.10. The van der Waals surface area contributed by atoms with Gasteiger partial charge in [-0.2, -0.15) is 0 Å². The molecule has 0 aromatic heterocycles. The Morgan fingerprint density at radius 1 is 1.40 bits per heavy atom. The van der Waals surface area contributed by atoms with Gasteiger partial charge in [0.25, 0.3) is 0 Å². The lowest BCUT2D eigenvalue weighted by atomic mass is 10.2. The average Bonchev–Trinajstić information content (AvgIpc) is 1.94. The minimum absolute atomic E-state index is 0.604. The molecule has 10 heavy (non-hydrogen) atoms. The quantitative estimate of drug-likeness (QED) is 0.482. The average molecular weight is 134 g/mol. The predicted molar refractivity (Wildman–Crippen MR) is 44.1 cm³/mol. The Morgan fingerprint density at radius 2 is 2.10 bits per heavy atom. The van der Waals surface area contributed by atoms with Crippen LogP contribution in [0.3, 0.4) is 0 Å². The molecule has 2 nitrogen and oxygen atoms in total. The summed E-state index contributed by atoms with van der Waals surface area (Å²) in [6.45, 7) is 4.00. The number of nitrogens with zero attached hydrogens (tertiary/aromatic N) is 1. The van der Waals surface area contributed by atoms with Gasteiger partial charge < -0.3 is 5.73 Å². The summed E-state index contributed by atoms with van der Waals surface area (Å²) in [4.78, 5) is 3.74. The highest BCUT2D eigenvalue weighted by Crippen LogP contribution is 2.10. The highest BCUT2D eigenvalue weighted by atomic mass is 14.7. The lowest BCUT2D eigenvalue weighted by Gasteiger charge is -1.98. The van der Waals surface area contributed by atoms with Crippen LogP contribution in [0.25, 0.3) is 0 Å². The Bertz CT molecular complexity index is 230. The normalized spacial score (nSPS) is 9.20. The number of hydrogen-bond acceptors (Lipinski definition) is 2. The van der Waals surface area contributed by atoms with Crippen molar-refractivity contribution in [3.63, 3.8) is 0 Å². The number of anilines is 1. The van der Waals surface area contributed by atoms with E-state index < -0.39 is 0 Å². The van der Waals surface area contributed by atoms with Gasteiger partial charge in [-0.1, -0.05) is 18.2 Å². The van der Waals surface area contributed by atoms with E-state index >= 15 is 0 Å². The summed E-state index contributed by atoms with van der Waals surface area (Å²) in [6, 6.07) is 7.66. The van der Waals surface area contributed by atoms with Crippen LogP contribution in [-0.4, -0.2) is 6.72 Å². The summed E-state index contributed by atoms with van der Waals surface area (Å²) in [5.74, 6) is 0. The number of benzene rings is 1. The number of aliphatic imine (C=N–C) groups is 1. The van der Waals surface area contributed by atoms with Gasteiger partial charge in [-0.25, -0.2) is 0 Å². The molecule has 0 saturated heterocycles. The molecule has 52 valence electrons. The third-order valence-corrected chi connectivity index (χ3v) is 1.34. The molecule has 0 aliphatic carbocycles. The molecule has 0 atom stereocenters. The fraction of sp³-hybridized carbons (Fsp3) is 0.125. The number of nitrogen functional groups attached to an aromatic ring is 1. The second-order valence-corrected chi connectivity index (χ2v) is 2.08. The van der Waals surface area contributed by atoms with E-state index in [4.69, 9.17) is 5.73 Å². The minimum atomic E-state index is 0.604. The van der Waals surface area contributed by atoms with Crippen LogP contribution in [0.5, 0.6) is 0 Å². The molecule has 1 rings (SSSR count). The fourth-order valence-corrected chi connectivity index (χ4v) is 0.799. The number of hydrogen-bond donors (Lipinski definition) is 1. The summed E-state index contributed by atoms with van der Waals surface area (Å²) in [5, 5.41) is 0. The summed E-state index contributed by atoms with van der Waals surface area (Å²) in [5.41, 5.74) is 7.45. The minimum Gasteiger partial charge on any atom is -0.398 e. The topological polar surface area (TPSA) is 38.4 Å². The van der Waals surface area contributed by atoms with Gasteiger partial charge in [0, 0.05) is 5.69 Å². The Labute approximate surface area is 60.4 Å². The summed E-state index contributed by atoms with van der Waals surface area (Å²) < 4.78 is 0. The SMILES string of the molecule is C=NCc1ccccc1N. The maximum Gasteiger partial charge on any atom is 0.0652 e. The molecule has 0 aliphatic rings. The molecule has 1 aromatic rings. The van der Waals surface area contributed by atoms with E-state index in [9.17, 15) is 0 Å². The van der Waals surface area contributed by atoms with Gasteiger partial charge in [-0.3, -0.25) is 4.99 Å². The van der Waals surface area contributed by atoms with Crippen molar-refractivity contribution in [1.29, 1.82) is 0 Å². The monoisotopic (exact) mass is 134 g/mol. The van der Waals surface area contributed by atoms with Crippen molar-refractivity contribution in [2.75, 3.05) is 5.73 Å². The van der Waals surface area contributed by atoms with Gasteiger partial charge in [0.15, 0.2) is 0 Å². The van der Waals surface area contributed by atoms with Gasteiger partial charge in [-0.15, -0.1) is 0 Å². The largest absolute Gasteiger partial charge is 0.398 e. The Balaban J connectivity index is 2.91. The molecule has 0 fully saturated rings. The number of rotatable bonds is 2. The van der Waals surface area contributed by atoms with Crippen molar-refractivity contribution >= 4 is 12.4 Å². The Hall–Kier alpha value is -1.31. The molecule has 0 radical (unpaired) electrons. The van der Waals surface area contributed by atoms with Crippen molar-refractivity contribution in [3.05, 3.63) is 29.8 Å². The van der Waals surface area contributed by atoms with E-state index in [1.165, 1.54) is 0 Å². The standard InChI is InChI=1S/C8H10N2/c1-10-6-7-4-2-3-5-8(7)9/h2-5H,1,6,9H2. The first-order valence-corrected chi connectivity index (χ1v) is 3.10. The zero-order valence-electron chi connectivity index (χ0n) is 5.75. The van der Waals surface area contributed by atoms with E-state index in [0.717, 1.165) is 11.3 Å². The number of para-hydroxylation sites is 1. The molecular weight excluding hydrogens is 124 g/mol. The van der Waals surface area contributed by atoms with Gasteiger partial charge in [0.05, 0.1) is 6.54 Å². The highest BCUT2D eigenvalue weighted by molar-refractivity contribution is 5.46. The molecule has 2 N–H and O–H groups in total. The van der Waals surface area contributed by atoms with Crippen LogP contribution in [0.2, 0.25) is 0 Å². The van der Waals surface area contributed by atoms with Crippen molar-refractivity contribution in [2.24, 2.45) is 4.99 Å². The lowest BCUT2D eigenvalue weighted by molar-refractivity contribution is 1.09. The first-order chi connectivity index (χ1) is 4.84. The maximum atomic E-state index is 5.62. The van der Waals surface area contributed by atoms with E-state index in [-0.39, 0.29) is 0 Å². The zero-order chi connectivity index (χ0) is 7.40. The van der Waals surface area contributed by atoms with E-state index in [1.54, 1.807) is 0 Å². The summed E-state index contributed by atoms with van der Waals surface area (Å²) >= 11 is 0. The predicted octanol–water partition coefficient (Wildman–Crippen LogP) is 1.47. The van der Waals surface area contributed by atoms with Gasteiger partial charge in [0.2, 0.25) is 0 Å². The van der Waals surface area contributed by atoms with E-state index in [2.05, 4.69) is 11.7 Å². The molecule has 2 heteroatoms. The molecular formula is C8H10N2. The second kappa shape index (κ2) is 3.01. The zero-order valence-corrected chi connectivity index (χ0v) is 5.75. The fourth-order valence-electron chi connectivity index (χ4n) is 0.799. The molecule has 0 heterocycles. The van der Waals surface area contributed by atoms with Crippen molar-refractivity contribution in [1.82, 2.24) is 0 Å². The van der Waals surface area contributed by atoms with Crippen molar-refractivity contribution in [3.8, 4) is 0 Å². The molecule has 1 aromatic carbocycles. The smallest absolute Gasteiger partial charge is 0.0652 e. The third kappa shape index (κ3) is 1.35. The van der Waals surface area contributed by atoms with E-state index in [1.807, 2.05) is 24.3 Å². The van der Waals surface area contributed by atoms with E-state index in [0.29, 0.717) is 6.54 Å². The van der Waals surface area contributed by atoms with Crippen LogP contribution in [0, 0.1) is 0 Å². The van der Waals surface area contributed by atoms with Gasteiger partial charge >= 0.3 is 0 Å². The lowest BCUT2D eigenvalue weighted by Crippen LogP contribution is -1.91. The molecule has 0 spiro atoms. The van der Waals surface area contributed by atoms with Crippen LogP contribution >= 0.6 is 0 Å². The molecule has 0 saturated carbocycles. The number of nitrogens with two attached hydrogens (primary N) is 1. The van der Waals surface area contributed by atoms with Crippen LogP contribution in [0.1, 0.15) is 5.56 Å². The molecule has 0 amide bonds. The molecule has 0 aliphatic heterocycles. The first kappa shape index (κ1) is 6.81. The van der Waals surface area contributed by atoms with Gasteiger partial charge in [0.1, 0.15) is 0 Å². The van der Waals surface area contributed by atoms with Crippen LogP contribution in [0.4, 0.5) is 5.69 Å². The van der Waals surface area contributed by atoms with Crippen molar-refractivity contribution in [2.45, 2.75) is 6.54 Å². The van der Waals surface area contributed by atoms with Crippen LogP contribution in [0.15, 0.2) is 29.3 Å². The molecule has 0 unspecified atom stereocenters. The summed E-state index contributed by atoms with van der Waals surface area (Å²) in [6.07, 6.45) is 0.